The summed E-state index contributed by atoms with van der Waals surface area (Å²) in [6.07, 6.45) is 1.17. The van der Waals surface area contributed by atoms with Crippen molar-refractivity contribution in [3.05, 3.63) is 107 Å². The Morgan fingerprint density at radius 3 is 2.59 bits per heavy atom. The number of nitro groups is 1. The van der Waals surface area contributed by atoms with Crippen molar-refractivity contribution in [2.45, 2.75) is 6.61 Å². The number of benzene rings is 3. The first kappa shape index (κ1) is 22.9. The van der Waals surface area contributed by atoms with Gasteiger partial charge in [-0.25, -0.2) is 4.79 Å². The van der Waals surface area contributed by atoms with Crippen LogP contribution in [-0.4, -0.2) is 27.9 Å². The molecule has 0 aliphatic carbocycles. The van der Waals surface area contributed by atoms with Crippen molar-refractivity contribution in [1.29, 1.82) is 0 Å². The predicted octanol–water partition coefficient (Wildman–Crippen LogP) is 3.83. The molecule has 172 valence electrons. The molecule has 10 nitrogen and oxygen atoms in total. The van der Waals surface area contributed by atoms with Crippen LogP contribution in [0.1, 0.15) is 11.1 Å². The molecule has 0 atom stereocenters. The molecule has 0 amide bonds. The van der Waals surface area contributed by atoms with Gasteiger partial charge < -0.3 is 14.5 Å². The van der Waals surface area contributed by atoms with E-state index in [-0.39, 0.29) is 34.7 Å². The van der Waals surface area contributed by atoms with Crippen LogP contribution in [0.2, 0.25) is 0 Å². The number of aromatic amines is 1. The van der Waals surface area contributed by atoms with E-state index in [2.05, 4.69) is 26.0 Å². The van der Waals surface area contributed by atoms with Crippen LogP contribution in [0.25, 0.3) is 10.9 Å². The number of hydrogen-bond acceptors (Lipinski definition) is 7. The van der Waals surface area contributed by atoms with E-state index in [1.54, 1.807) is 24.3 Å². The molecule has 0 saturated carbocycles. The van der Waals surface area contributed by atoms with E-state index in [1.165, 1.54) is 25.5 Å². The van der Waals surface area contributed by atoms with Gasteiger partial charge in [0.25, 0.3) is 5.56 Å². The Morgan fingerprint density at radius 2 is 1.88 bits per heavy atom. The minimum Gasteiger partial charge on any atom is -0.493 e. The zero-order valence-corrected chi connectivity index (χ0v) is 19.3. The van der Waals surface area contributed by atoms with Gasteiger partial charge in [-0.05, 0) is 35.9 Å². The molecule has 0 saturated heterocycles. The lowest BCUT2D eigenvalue weighted by molar-refractivity contribution is -0.386. The number of nitrogens with zero attached hydrogens (tertiary/aromatic N) is 3. The van der Waals surface area contributed by atoms with Gasteiger partial charge >= 0.3 is 11.4 Å². The quantitative estimate of drug-likeness (QED) is 0.222. The smallest absolute Gasteiger partial charge is 0.349 e. The molecule has 0 unspecified atom stereocenters. The molecule has 34 heavy (non-hydrogen) atoms. The molecule has 0 fully saturated rings. The van der Waals surface area contributed by atoms with E-state index >= 15 is 0 Å². The minimum absolute atomic E-state index is 0.0479. The van der Waals surface area contributed by atoms with Gasteiger partial charge in [0.05, 0.1) is 29.2 Å². The van der Waals surface area contributed by atoms with E-state index in [0.717, 1.165) is 10.0 Å². The second-order valence-electron chi connectivity index (χ2n) is 7.08. The fraction of sp³-hybridized carbons (Fsp3) is 0.0870. The summed E-state index contributed by atoms with van der Waals surface area (Å²) in [5, 5.41) is 16.0. The second-order valence-corrected chi connectivity index (χ2v) is 8.00. The van der Waals surface area contributed by atoms with Gasteiger partial charge in [-0.2, -0.15) is 5.10 Å². The van der Waals surface area contributed by atoms with Gasteiger partial charge in [-0.1, -0.05) is 40.2 Å². The van der Waals surface area contributed by atoms with Crippen molar-refractivity contribution in [2.24, 2.45) is 5.10 Å². The lowest BCUT2D eigenvalue weighted by Gasteiger charge is -2.12. The second kappa shape index (κ2) is 9.71. The third-order valence-electron chi connectivity index (χ3n) is 4.88. The van der Waals surface area contributed by atoms with Crippen molar-refractivity contribution in [1.82, 2.24) is 9.66 Å². The molecular formula is C23H17BrN4O6. The third-order valence-corrected chi connectivity index (χ3v) is 5.41. The average molecular weight is 525 g/mol. The highest BCUT2D eigenvalue weighted by molar-refractivity contribution is 9.10. The highest BCUT2D eigenvalue weighted by Gasteiger charge is 2.22. The first-order valence-electron chi connectivity index (χ1n) is 9.89. The van der Waals surface area contributed by atoms with E-state index < -0.39 is 16.2 Å². The summed E-state index contributed by atoms with van der Waals surface area (Å²) in [4.78, 5) is 38.6. The zero-order chi connectivity index (χ0) is 24.2. The van der Waals surface area contributed by atoms with Gasteiger partial charge in [0.15, 0.2) is 5.75 Å². The van der Waals surface area contributed by atoms with Crippen LogP contribution in [0.3, 0.4) is 0 Å². The van der Waals surface area contributed by atoms with Crippen LogP contribution in [0.5, 0.6) is 11.5 Å². The highest BCUT2D eigenvalue weighted by Crippen LogP contribution is 2.38. The largest absolute Gasteiger partial charge is 0.493 e. The number of halogens is 1. The summed E-state index contributed by atoms with van der Waals surface area (Å²) in [6, 6.07) is 16.5. The van der Waals surface area contributed by atoms with Crippen molar-refractivity contribution >= 4 is 38.7 Å². The van der Waals surface area contributed by atoms with Crippen LogP contribution in [0, 0.1) is 10.1 Å². The van der Waals surface area contributed by atoms with Crippen LogP contribution in [0.4, 0.5) is 5.69 Å². The Labute approximate surface area is 200 Å². The molecule has 0 radical (unpaired) electrons. The number of hydrogen-bond donors (Lipinski definition) is 1. The molecule has 11 heteroatoms. The fourth-order valence-corrected chi connectivity index (χ4v) is 3.50. The Kier molecular flexibility index (Phi) is 6.55. The third kappa shape index (κ3) is 4.74. The first-order valence-corrected chi connectivity index (χ1v) is 10.7. The van der Waals surface area contributed by atoms with Crippen molar-refractivity contribution in [2.75, 3.05) is 7.11 Å². The number of fused-ring (bicyclic) bond motifs is 1. The number of methoxy groups -OCH3 is 1. The van der Waals surface area contributed by atoms with Crippen molar-refractivity contribution < 1.29 is 14.4 Å². The topological polar surface area (TPSA) is 129 Å². The molecule has 4 rings (SSSR count). The molecule has 0 spiro atoms. The normalized spacial score (nSPS) is 11.1. The number of ether oxygens (including phenoxy) is 2. The zero-order valence-electron chi connectivity index (χ0n) is 17.7. The Balaban J connectivity index is 1.70. The monoisotopic (exact) mass is 524 g/mol. The molecule has 0 aliphatic heterocycles. The summed E-state index contributed by atoms with van der Waals surface area (Å²) < 4.78 is 12.6. The lowest BCUT2D eigenvalue weighted by atomic mass is 10.1. The van der Waals surface area contributed by atoms with Gasteiger partial charge in [0.2, 0.25) is 5.75 Å². The summed E-state index contributed by atoms with van der Waals surface area (Å²) >= 11 is 3.35. The summed E-state index contributed by atoms with van der Waals surface area (Å²) in [6.45, 7) is 0.0831. The van der Waals surface area contributed by atoms with Gasteiger partial charge in [0.1, 0.15) is 6.61 Å². The molecule has 0 aliphatic rings. The van der Waals surface area contributed by atoms with Crippen molar-refractivity contribution in [3.63, 3.8) is 0 Å². The average Bonchev–Trinajstić information content (AvgIpc) is 2.83. The van der Waals surface area contributed by atoms with Crippen LogP contribution < -0.4 is 20.7 Å². The summed E-state index contributed by atoms with van der Waals surface area (Å²) in [7, 11) is 1.35. The molecule has 4 aromatic rings. The number of aromatic nitrogens is 2. The summed E-state index contributed by atoms with van der Waals surface area (Å²) in [5.74, 6) is 0.0563. The number of nitro benzene ring substituents is 1. The molecule has 1 N–H and O–H groups in total. The van der Waals surface area contributed by atoms with Crippen LogP contribution in [-0.2, 0) is 6.61 Å². The van der Waals surface area contributed by atoms with Crippen LogP contribution in [0.15, 0.2) is 79.8 Å². The predicted molar refractivity (Wildman–Crippen MR) is 130 cm³/mol. The van der Waals surface area contributed by atoms with Gasteiger partial charge in [-0.15, -0.1) is 4.68 Å². The molecule has 3 aromatic carbocycles. The van der Waals surface area contributed by atoms with E-state index in [1.807, 2.05) is 24.3 Å². The number of para-hydroxylation sites is 1. The molecule has 1 aromatic heterocycles. The SMILES string of the molecule is COc1cc(C=Nn2c(=O)[nH]c3ccccc3c2=O)cc([N+](=O)[O-])c1OCc1ccc(Br)cc1. The minimum atomic E-state index is -0.740. The Bertz CT molecular complexity index is 1530. The van der Waals surface area contributed by atoms with Crippen LogP contribution >= 0.6 is 15.9 Å². The molecular weight excluding hydrogens is 508 g/mol. The Hall–Kier alpha value is -4.25. The molecule has 1 heterocycles. The maximum Gasteiger partial charge on any atom is 0.349 e. The maximum absolute atomic E-state index is 12.6. The fourth-order valence-electron chi connectivity index (χ4n) is 3.23. The number of rotatable bonds is 7. The number of nitrogens with one attached hydrogen (secondary N) is 1. The Morgan fingerprint density at radius 1 is 1.15 bits per heavy atom. The molecule has 0 bridgehead atoms. The first-order chi connectivity index (χ1) is 16.4. The summed E-state index contributed by atoms with van der Waals surface area (Å²) in [5.41, 5.74) is -0.285. The lowest BCUT2D eigenvalue weighted by Crippen LogP contribution is -2.32. The van der Waals surface area contributed by atoms with E-state index in [4.69, 9.17) is 9.47 Å². The maximum atomic E-state index is 12.6. The standard InChI is InChI=1S/C23H17BrN4O6/c1-33-20-11-15(12-25-27-22(29)17-4-2-3-5-18(17)26-23(27)30)10-19(28(31)32)21(20)34-13-14-6-8-16(24)9-7-14/h2-12H,13H2,1H3,(H,26,30). The van der Waals surface area contributed by atoms with Gasteiger partial charge in [-0.3, -0.25) is 14.9 Å². The van der Waals surface area contributed by atoms with Crippen molar-refractivity contribution in [3.8, 4) is 11.5 Å². The van der Waals surface area contributed by atoms with E-state index in [0.29, 0.717) is 10.2 Å². The van der Waals surface area contributed by atoms with Gasteiger partial charge in [0, 0.05) is 16.1 Å². The highest BCUT2D eigenvalue weighted by atomic mass is 79.9. The van der Waals surface area contributed by atoms with E-state index in [9.17, 15) is 19.7 Å². The number of H-pyrrole nitrogens is 1.